The third-order valence-electron chi connectivity index (χ3n) is 4.50. The van der Waals surface area contributed by atoms with Gasteiger partial charge in [0.05, 0.1) is 18.4 Å². The van der Waals surface area contributed by atoms with E-state index in [9.17, 15) is 26.4 Å². The van der Waals surface area contributed by atoms with Gasteiger partial charge in [-0.05, 0) is 48.0 Å². The zero-order chi connectivity index (χ0) is 24.1. The summed E-state index contributed by atoms with van der Waals surface area (Å²) in [6, 6.07) is 12.5. The summed E-state index contributed by atoms with van der Waals surface area (Å²) in [7, 11) is -3.08. The minimum atomic E-state index is -4.69. The van der Waals surface area contributed by atoms with Gasteiger partial charge in [-0.25, -0.2) is 0 Å². The van der Waals surface area contributed by atoms with Crippen LogP contribution in [0.25, 0.3) is 0 Å². The normalized spacial score (nSPS) is 11.9. The minimum absolute atomic E-state index is 0.0861. The van der Waals surface area contributed by atoms with E-state index in [1.807, 2.05) is 0 Å². The number of methoxy groups -OCH3 is 1. The second-order valence-corrected chi connectivity index (χ2v) is 8.52. The lowest BCUT2D eigenvalue weighted by Crippen LogP contribution is -2.32. The highest BCUT2D eigenvalue weighted by molar-refractivity contribution is 7.87. The number of carbonyl (C=O) groups is 1. The third kappa shape index (κ3) is 6.59. The highest BCUT2D eigenvalue weighted by atomic mass is 32.2. The van der Waals surface area contributed by atoms with E-state index in [0.29, 0.717) is 17.4 Å². The first-order valence-corrected chi connectivity index (χ1v) is 11.0. The highest BCUT2D eigenvalue weighted by Crippen LogP contribution is 2.31. The summed E-state index contributed by atoms with van der Waals surface area (Å²) in [4.78, 5) is 13.2. The molecule has 0 aliphatic heterocycles. The van der Waals surface area contributed by atoms with Crippen LogP contribution in [0.2, 0.25) is 0 Å². The van der Waals surface area contributed by atoms with Crippen LogP contribution in [-0.2, 0) is 38.9 Å². The van der Waals surface area contributed by atoms with Crippen molar-refractivity contribution in [2.75, 3.05) is 13.7 Å². The number of nitrogens with zero attached hydrogens (tertiary/aromatic N) is 1. The van der Waals surface area contributed by atoms with Gasteiger partial charge in [0.2, 0.25) is 5.91 Å². The number of alkyl halides is 3. The maximum atomic E-state index is 12.9. The molecule has 0 radical (unpaired) electrons. The van der Waals surface area contributed by atoms with Gasteiger partial charge in [-0.3, -0.25) is 4.79 Å². The molecule has 3 aromatic rings. The molecular weight excluding hydrogens is 463 g/mol. The molecule has 0 aliphatic rings. The van der Waals surface area contributed by atoms with Gasteiger partial charge in [0.1, 0.15) is 23.0 Å². The van der Waals surface area contributed by atoms with Crippen LogP contribution >= 0.6 is 0 Å². The molecule has 0 spiro atoms. The smallest absolute Gasteiger partial charge is 0.416 e. The fourth-order valence-corrected chi connectivity index (χ4v) is 3.89. The average Bonchev–Trinajstić information content (AvgIpc) is 3.27. The second-order valence-electron chi connectivity index (χ2n) is 6.97. The molecule has 0 aliphatic carbocycles. The maximum absolute atomic E-state index is 12.9. The van der Waals surface area contributed by atoms with Gasteiger partial charge in [0.15, 0.2) is 0 Å². The number of halogens is 3. The van der Waals surface area contributed by atoms with Crippen molar-refractivity contribution < 1.29 is 39.7 Å². The highest BCUT2D eigenvalue weighted by Gasteiger charge is 2.32. The molecule has 11 heteroatoms. The molecule has 1 amide bonds. The number of ether oxygens (including phenoxy) is 1. The fourth-order valence-electron chi connectivity index (χ4n) is 2.91. The SMILES string of the molecule is COCC(=O)N(Cc1ccc(OS(=O)(=O)c2cccc(C(F)(F)F)c2)cc1)Cc1ccco1. The van der Waals surface area contributed by atoms with Crippen LogP contribution in [0.1, 0.15) is 16.9 Å². The zero-order valence-electron chi connectivity index (χ0n) is 17.4. The first-order chi connectivity index (χ1) is 15.6. The van der Waals surface area contributed by atoms with Crippen molar-refractivity contribution >= 4 is 16.0 Å². The van der Waals surface area contributed by atoms with E-state index in [4.69, 9.17) is 13.3 Å². The van der Waals surface area contributed by atoms with Crippen LogP contribution in [0, 0.1) is 0 Å². The van der Waals surface area contributed by atoms with Crippen molar-refractivity contribution in [1.29, 1.82) is 0 Å². The molecule has 0 saturated carbocycles. The molecule has 0 bridgehead atoms. The number of carbonyl (C=O) groups excluding carboxylic acids is 1. The van der Waals surface area contributed by atoms with E-state index in [2.05, 4.69) is 0 Å². The predicted octanol–water partition coefficient (Wildman–Crippen LogP) is 4.24. The number of furan rings is 1. The molecule has 0 unspecified atom stereocenters. The number of hydrogen-bond donors (Lipinski definition) is 0. The van der Waals surface area contributed by atoms with Crippen LogP contribution in [0.5, 0.6) is 5.75 Å². The van der Waals surface area contributed by atoms with Crippen molar-refractivity contribution in [2.45, 2.75) is 24.2 Å². The van der Waals surface area contributed by atoms with Crippen LogP contribution in [0.3, 0.4) is 0 Å². The standard InChI is InChI=1S/C22H20F3NO6S/c1-30-15-21(27)26(14-19-5-3-11-31-19)13-16-7-9-18(10-8-16)32-33(28,29)20-6-2-4-17(12-20)22(23,24)25/h2-12H,13-15H2,1H3. The Bertz CT molecular complexity index is 1180. The van der Waals surface area contributed by atoms with Crippen LogP contribution in [0.4, 0.5) is 13.2 Å². The molecular formula is C22H20F3NO6S. The Labute approximate surface area is 188 Å². The number of benzene rings is 2. The molecule has 33 heavy (non-hydrogen) atoms. The van der Waals surface area contributed by atoms with Crippen molar-refractivity contribution in [1.82, 2.24) is 4.90 Å². The molecule has 0 saturated heterocycles. The first-order valence-electron chi connectivity index (χ1n) is 9.58. The molecule has 3 rings (SSSR count). The van der Waals surface area contributed by atoms with Gasteiger partial charge in [0.25, 0.3) is 0 Å². The Kier molecular flexibility index (Phi) is 7.44. The van der Waals surface area contributed by atoms with E-state index in [0.717, 1.165) is 18.2 Å². The lowest BCUT2D eigenvalue weighted by molar-refractivity contribution is -0.138. The van der Waals surface area contributed by atoms with Gasteiger partial charge in [-0.1, -0.05) is 18.2 Å². The quantitative estimate of drug-likeness (QED) is 0.423. The number of hydrogen-bond acceptors (Lipinski definition) is 6. The molecule has 1 heterocycles. The van der Waals surface area contributed by atoms with Crippen LogP contribution < -0.4 is 4.18 Å². The van der Waals surface area contributed by atoms with Crippen molar-refractivity contribution in [3.8, 4) is 5.75 Å². The Morgan fingerprint density at radius 1 is 1.03 bits per heavy atom. The summed E-state index contributed by atoms with van der Waals surface area (Å²) in [6.45, 7) is 0.262. The molecule has 2 aromatic carbocycles. The summed E-state index contributed by atoms with van der Waals surface area (Å²) in [5.74, 6) is 0.213. The molecule has 0 atom stereocenters. The Morgan fingerprint density at radius 3 is 2.36 bits per heavy atom. The lowest BCUT2D eigenvalue weighted by Gasteiger charge is -2.21. The monoisotopic (exact) mass is 483 g/mol. The Balaban J connectivity index is 1.73. The average molecular weight is 483 g/mol. The topological polar surface area (TPSA) is 86.0 Å². The number of rotatable bonds is 9. The van der Waals surface area contributed by atoms with E-state index in [-0.39, 0.29) is 31.4 Å². The summed E-state index contributed by atoms with van der Waals surface area (Å²) in [5.41, 5.74) is -0.435. The predicted molar refractivity (Wildman–Crippen MR) is 111 cm³/mol. The van der Waals surface area contributed by atoms with Gasteiger partial charge in [-0.2, -0.15) is 21.6 Å². The summed E-state index contributed by atoms with van der Waals surface area (Å²) >= 11 is 0. The van der Waals surface area contributed by atoms with E-state index in [1.54, 1.807) is 24.3 Å². The number of amides is 1. The summed E-state index contributed by atoms with van der Waals surface area (Å²) in [6.07, 6.45) is -3.19. The molecule has 1 aromatic heterocycles. The Hall–Kier alpha value is -3.31. The third-order valence-corrected chi connectivity index (χ3v) is 5.74. The minimum Gasteiger partial charge on any atom is -0.467 e. The van der Waals surface area contributed by atoms with Crippen LogP contribution in [0.15, 0.2) is 76.2 Å². The van der Waals surface area contributed by atoms with Crippen molar-refractivity contribution in [2.24, 2.45) is 0 Å². The second kappa shape index (κ2) is 10.1. The van der Waals surface area contributed by atoms with Crippen molar-refractivity contribution in [3.63, 3.8) is 0 Å². The zero-order valence-corrected chi connectivity index (χ0v) is 18.2. The maximum Gasteiger partial charge on any atom is 0.416 e. The largest absolute Gasteiger partial charge is 0.467 e. The summed E-state index contributed by atoms with van der Waals surface area (Å²) < 4.78 is 78.6. The van der Waals surface area contributed by atoms with Gasteiger partial charge >= 0.3 is 16.3 Å². The van der Waals surface area contributed by atoms with Gasteiger partial charge in [0, 0.05) is 13.7 Å². The lowest BCUT2D eigenvalue weighted by atomic mass is 10.2. The molecule has 0 fully saturated rings. The van der Waals surface area contributed by atoms with E-state index >= 15 is 0 Å². The van der Waals surface area contributed by atoms with E-state index in [1.165, 1.54) is 30.4 Å². The van der Waals surface area contributed by atoms with Gasteiger partial charge in [-0.15, -0.1) is 0 Å². The summed E-state index contributed by atoms with van der Waals surface area (Å²) in [5, 5.41) is 0. The molecule has 176 valence electrons. The molecule has 0 N–H and O–H groups in total. The first kappa shape index (κ1) is 24.3. The van der Waals surface area contributed by atoms with Crippen molar-refractivity contribution in [3.05, 3.63) is 83.8 Å². The van der Waals surface area contributed by atoms with E-state index < -0.39 is 26.8 Å². The van der Waals surface area contributed by atoms with Gasteiger partial charge < -0.3 is 18.2 Å². The fraction of sp³-hybridized carbons (Fsp3) is 0.227. The molecule has 7 nitrogen and oxygen atoms in total. The van der Waals surface area contributed by atoms with Crippen LogP contribution in [-0.4, -0.2) is 32.9 Å². The Morgan fingerprint density at radius 2 is 1.76 bits per heavy atom.